The van der Waals surface area contributed by atoms with Crippen LogP contribution in [-0.2, 0) is 20.8 Å². The Hall–Kier alpha value is -1.47. The first-order valence-electron chi connectivity index (χ1n) is 9.08. The zero-order valence-electron chi connectivity index (χ0n) is 15.0. The van der Waals surface area contributed by atoms with Crippen LogP contribution in [0.15, 0.2) is 30.3 Å². The summed E-state index contributed by atoms with van der Waals surface area (Å²) < 4.78 is 11.1. The van der Waals surface area contributed by atoms with Gasteiger partial charge in [0.25, 0.3) is 0 Å². The number of hydrogen-bond acceptors (Lipinski definition) is 5. The van der Waals surface area contributed by atoms with Crippen molar-refractivity contribution in [1.29, 1.82) is 0 Å². The van der Waals surface area contributed by atoms with Crippen molar-refractivity contribution in [3.63, 3.8) is 0 Å². The molecule has 1 amide bonds. The largest absolute Gasteiger partial charge is 0.384 e. The Morgan fingerprint density at radius 1 is 1.44 bits per heavy atom. The molecule has 138 valence electrons. The van der Waals surface area contributed by atoms with Crippen molar-refractivity contribution in [3.05, 3.63) is 35.9 Å². The fraction of sp³-hybridized carbons (Fsp3) is 0.632. The normalized spacial score (nSPS) is 27.3. The van der Waals surface area contributed by atoms with E-state index in [0.717, 1.165) is 32.6 Å². The van der Waals surface area contributed by atoms with Gasteiger partial charge in [0.1, 0.15) is 0 Å². The monoisotopic (exact) mass is 347 g/mol. The van der Waals surface area contributed by atoms with Crippen molar-refractivity contribution < 1.29 is 14.3 Å². The van der Waals surface area contributed by atoms with Gasteiger partial charge in [-0.2, -0.15) is 0 Å². The van der Waals surface area contributed by atoms with Crippen molar-refractivity contribution in [2.75, 3.05) is 53.0 Å². The molecule has 0 bridgehead atoms. The summed E-state index contributed by atoms with van der Waals surface area (Å²) in [5, 5.41) is 6.36. The molecule has 2 N–H and O–H groups in total. The van der Waals surface area contributed by atoms with Gasteiger partial charge in [0.2, 0.25) is 5.91 Å². The molecule has 2 atom stereocenters. The number of methoxy groups -OCH3 is 1. The third-order valence-electron chi connectivity index (χ3n) is 5.11. The summed E-state index contributed by atoms with van der Waals surface area (Å²) in [7, 11) is 1.65. The van der Waals surface area contributed by atoms with Gasteiger partial charge in [0.15, 0.2) is 0 Å². The minimum atomic E-state index is -0.437. The molecule has 1 aromatic rings. The molecule has 3 rings (SSSR count). The molecule has 1 aromatic carbocycles. The summed E-state index contributed by atoms with van der Waals surface area (Å²) in [5.74, 6) is 0.0723. The van der Waals surface area contributed by atoms with E-state index in [1.165, 1.54) is 5.56 Å². The lowest BCUT2D eigenvalue weighted by atomic mass is 9.87. The molecule has 0 aliphatic carbocycles. The highest BCUT2D eigenvalue weighted by Gasteiger charge is 2.41. The Bertz CT molecular complexity index is 546. The molecule has 6 nitrogen and oxygen atoms in total. The van der Waals surface area contributed by atoms with Crippen LogP contribution in [0.4, 0.5) is 0 Å². The van der Waals surface area contributed by atoms with Gasteiger partial charge >= 0.3 is 0 Å². The van der Waals surface area contributed by atoms with Gasteiger partial charge in [-0.1, -0.05) is 30.3 Å². The second-order valence-corrected chi connectivity index (χ2v) is 7.06. The average Bonchev–Trinajstić information content (AvgIpc) is 3.11. The summed E-state index contributed by atoms with van der Waals surface area (Å²) in [5.41, 5.74) is 0.871. The number of nitrogens with zero attached hydrogens (tertiary/aromatic N) is 1. The van der Waals surface area contributed by atoms with Crippen molar-refractivity contribution in [3.8, 4) is 0 Å². The molecule has 2 aliphatic rings. The van der Waals surface area contributed by atoms with Crippen molar-refractivity contribution in [2.45, 2.75) is 19.1 Å². The van der Waals surface area contributed by atoms with Crippen molar-refractivity contribution >= 4 is 5.91 Å². The molecule has 2 fully saturated rings. The predicted molar refractivity (Wildman–Crippen MR) is 96.3 cm³/mol. The number of nitrogens with one attached hydrogen (secondary N) is 2. The van der Waals surface area contributed by atoms with Crippen LogP contribution in [-0.4, -0.2) is 70.0 Å². The highest BCUT2D eigenvalue weighted by Crippen LogP contribution is 2.26. The van der Waals surface area contributed by atoms with Gasteiger partial charge in [-0.3, -0.25) is 9.69 Å². The minimum Gasteiger partial charge on any atom is -0.384 e. The molecule has 0 aromatic heterocycles. The first kappa shape index (κ1) is 18.3. The van der Waals surface area contributed by atoms with E-state index < -0.39 is 5.41 Å². The zero-order chi connectivity index (χ0) is 17.5. The van der Waals surface area contributed by atoms with Crippen molar-refractivity contribution in [2.24, 2.45) is 5.41 Å². The van der Waals surface area contributed by atoms with Crippen LogP contribution in [0.2, 0.25) is 0 Å². The summed E-state index contributed by atoms with van der Waals surface area (Å²) in [6.45, 7) is 5.94. The Morgan fingerprint density at radius 2 is 2.28 bits per heavy atom. The average molecular weight is 347 g/mol. The molecule has 6 heteroatoms. The predicted octanol–water partition coefficient (Wildman–Crippen LogP) is 0.630. The van der Waals surface area contributed by atoms with E-state index in [0.29, 0.717) is 26.3 Å². The Labute approximate surface area is 149 Å². The highest BCUT2D eigenvalue weighted by molar-refractivity contribution is 5.83. The van der Waals surface area contributed by atoms with E-state index in [4.69, 9.17) is 9.47 Å². The first-order valence-corrected chi connectivity index (χ1v) is 9.08. The van der Waals surface area contributed by atoms with Gasteiger partial charge in [-0.15, -0.1) is 0 Å². The maximum Gasteiger partial charge on any atom is 0.229 e. The number of carbonyl (C=O) groups is 1. The highest BCUT2D eigenvalue weighted by atomic mass is 16.5. The Balaban J connectivity index is 1.48. The van der Waals surface area contributed by atoms with Gasteiger partial charge in [-0.25, -0.2) is 0 Å². The molecule has 0 saturated carbocycles. The minimum absolute atomic E-state index is 0.0374. The molecular weight excluding hydrogens is 318 g/mol. The lowest BCUT2D eigenvalue weighted by Gasteiger charge is -2.34. The Kier molecular flexibility index (Phi) is 6.42. The van der Waals surface area contributed by atoms with E-state index in [9.17, 15) is 4.79 Å². The van der Waals surface area contributed by atoms with E-state index in [1.54, 1.807) is 7.11 Å². The van der Waals surface area contributed by atoms with Crippen LogP contribution in [0.1, 0.15) is 12.0 Å². The first-order chi connectivity index (χ1) is 12.2. The topological polar surface area (TPSA) is 62.8 Å². The molecule has 0 radical (unpaired) electrons. The number of morpholine rings is 1. The Morgan fingerprint density at radius 3 is 3.00 bits per heavy atom. The molecule has 25 heavy (non-hydrogen) atoms. The van der Waals surface area contributed by atoms with Gasteiger partial charge in [0, 0.05) is 39.8 Å². The lowest BCUT2D eigenvalue weighted by molar-refractivity contribution is -0.134. The standard InChI is InChI=1S/C19H29N3O3/c1-24-15-19(7-8-20-14-19)18(23)21-11-17-13-22(9-10-25-17)12-16-5-3-2-4-6-16/h2-6,17,20H,7-15H2,1H3,(H,21,23). The lowest BCUT2D eigenvalue weighted by Crippen LogP contribution is -2.51. The quantitative estimate of drug-likeness (QED) is 0.758. The number of rotatable bonds is 7. The third-order valence-corrected chi connectivity index (χ3v) is 5.11. The van der Waals surface area contributed by atoms with E-state index >= 15 is 0 Å². The number of benzene rings is 1. The maximum atomic E-state index is 12.7. The third kappa shape index (κ3) is 4.79. The second kappa shape index (κ2) is 8.76. The van der Waals surface area contributed by atoms with E-state index in [2.05, 4.69) is 39.8 Å². The number of ether oxygens (including phenoxy) is 2. The van der Waals surface area contributed by atoms with Crippen LogP contribution in [0.25, 0.3) is 0 Å². The van der Waals surface area contributed by atoms with E-state index in [-0.39, 0.29) is 12.0 Å². The van der Waals surface area contributed by atoms with Crippen LogP contribution < -0.4 is 10.6 Å². The summed E-state index contributed by atoms with van der Waals surface area (Å²) >= 11 is 0. The molecule has 0 spiro atoms. The van der Waals surface area contributed by atoms with Crippen molar-refractivity contribution in [1.82, 2.24) is 15.5 Å². The SMILES string of the molecule is COCC1(C(=O)NCC2CN(Cc3ccccc3)CCO2)CCNC1. The van der Waals surface area contributed by atoms with Gasteiger partial charge < -0.3 is 20.1 Å². The zero-order valence-corrected chi connectivity index (χ0v) is 15.0. The summed E-state index contributed by atoms with van der Waals surface area (Å²) in [4.78, 5) is 15.1. The summed E-state index contributed by atoms with van der Waals surface area (Å²) in [6, 6.07) is 10.5. The molecule has 2 unspecified atom stereocenters. The molecule has 2 saturated heterocycles. The van der Waals surface area contributed by atoms with Crippen LogP contribution in [0.5, 0.6) is 0 Å². The van der Waals surface area contributed by atoms with Gasteiger partial charge in [-0.05, 0) is 18.5 Å². The van der Waals surface area contributed by atoms with Gasteiger partial charge in [0.05, 0.1) is 24.7 Å². The van der Waals surface area contributed by atoms with Crippen LogP contribution in [0, 0.1) is 5.41 Å². The molecule has 2 aliphatic heterocycles. The number of carbonyl (C=O) groups excluding carboxylic acids is 1. The molecule has 2 heterocycles. The second-order valence-electron chi connectivity index (χ2n) is 7.06. The fourth-order valence-corrected chi connectivity index (χ4v) is 3.69. The van der Waals surface area contributed by atoms with Crippen LogP contribution in [0.3, 0.4) is 0 Å². The van der Waals surface area contributed by atoms with E-state index in [1.807, 2.05) is 6.07 Å². The number of hydrogen-bond donors (Lipinski definition) is 2. The van der Waals surface area contributed by atoms with Crippen LogP contribution >= 0.6 is 0 Å². The molecular formula is C19H29N3O3. The smallest absolute Gasteiger partial charge is 0.229 e. The number of amides is 1. The fourth-order valence-electron chi connectivity index (χ4n) is 3.69. The summed E-state index contributed by atoms with van der Waals surface area (Å²) in [6.07, 6.45) is 0.855. The maximum absolute atomic E-state index is 12.7.